The van der Waals surface area contributed by atoms with E-state index in [4.69, 9.17) is 0 Å². The zero-order valence-electron chi connectivity index (χ0n) is 22.8. The van der Waals surface area contributed by atoms with Crippen LogP contribution in [0.4, 0.5) is 14.5 Å². The molecule has 1 atom stereocenters. The number of likely N-dealkylation sites (tertiary alicyclic amines) is 1. The number of amides is 3. The molecular formula is C30H32F2N6O3. The van der Waals surface area contributed by atoms with Gasteiger partial charge in [0.05, 0.1) is 11.9 Å². The molecule has 3 amide bonds. The summed E-state index contributed by atoms with van der Waals surface area (Å²) in [4.78, 5) is 48.1. The molecule has 41 heavy (non-hydrogen) atoms. The van der Waals surface area contributed by atoms with Crippen LogP contribution in [0.25, 0.3) is 0 Å². The van der Waals surface area contributed by atoms with Gasteiger partial charge in [0.1, 0.15) is 11.9 Å². The Bertz CT molecular complexity index is 1440. The van der Waals surface area contributed by atoms with Crippen molar-refractivity contribution in [3.05, 3.63) is 76.5 Å². The quantitative estimate of drug-likeness (QED) is 0.311. The third-order valence-electron chi connectivity index (χ3n) is 7.84. The molecule has 11 heteroatoms. The predicted molar refractivity (Wildman–Crippen MR) is 152 cm³/mol. The highest BCUT2D eigenvalue weighted by atomic mass is 19.1. The van der Waals surface area contributed by atoms with Gasteiger partial charge in [0, 0.05) is 30.6 Å². The number of nitrogens with zero attached hydrogens (tertiary/aromatic N) is 4. The molecule has 3 heterocycles. The average molecular weight is 563 g/mol. The summed E-state index contributed by atoms with van der Waals surface area (Å²) in [5, 5.41) is 5.10. The summed E-state index contributed by atoms with van der Waals surface area (Å²) in [5.74, 6) is -1.52. The Morgan fingerprint density at radius 3 is 2.66 bits per heavy atom. The maximum Gasteiger partial charge on any atom is 0.255 e. The lowest BCUT2D eigenvalue weighted by atomic mass is 9.87. The number of piperidine rings is 2. The zero-order valence-corrected chi connectivity index (χ0v) is 22.8. The van der Waals surface area contributed by atoms with Gasteiger partial charge >= 0.3 is 0 Å². The molecule has 1 unspecified atom stereocenters. The second kappa shape index (κ2) is 12.1. The predicted octanol–water partition coefficient (Wildman–Crippen LogP) is 4.27. The Hall–Kier alpha value is -4.25. The molecule has 2 N–H and O–H groups in total. The van der Waals surface area contributed by atoms with Crippen LogP contribution >= 0.6 is 0 Å². The molecule has 3 aliphatic heterocycles. The lowest BCUT2D eigenvalue weighted by Gasteiger charge is -2.32. The molecule has 2 fully saturated rings. The first-order valence-corrected chi connectivity index (χ1v) is 13.6. The molecule has 2 aromatic rings. The first-order chi connectivity index (χ1) is 19.7. The molecule has 0 radical (unpaired) electrons. The van der Waals surface area contributed by atoms with E-state index in [0.29, 0.717) is 36.6 Å². The number of allylic oxidation sites excluding steroid dienone is 1. The van der Waals surface area contributed by atoms with Gasteiger partial charge in [-0.3, -0.25) is 24.6 Å². The largest absolute Gasteiger partial charge is 0.322 e. The number of fused-ring (bicyclic) bond motifs is 1. The van der Waals surface area contributed by atoms with Crippen molar-refractivity contribution < 1.29 is 23.2 Å². The Kier molecular flexibility index (Phi) is 8.34. The van der Waals surface area contributed by atoms with Gasteiger partial charge in [-0.2, -0.15) is 0 Å². The number of hydrogen-bond donors (Lipinski definition) is 2. The molecule has 5 rings (SSSR count). The first kappa shape index (κ1) is 28.3. The number of imide groups is 1. The molecule has 2 aromatic carbocycles. The van der Waals surface area contributed by atoms with Gasteiger partial charge in [0.25, 0.3) is 5.91 Å². The lowest BCUT2D eigenvalue weighted by Crippen LogP contribution is -2.52. The molecule has 0 spiro atoms. The van der Waals surface area contributed by atoms with E-state index in [1.54, 1.807) is 23.1 Å². The van der Waals surface area contributed by atoms with Gasteiger partial charge in [0.2, 0.25) is 17.8 Å². The van der Waals surface area contributed by atoms with Gasteiger partial charge in [-0.1, -0.05) is 24.3 Å². The van der Waals surface area contributed by atoms with Crippen molar-refractivity contribution in [3.8, 4) is 0 Å². The van der Waals surface area contributed by atoms with Gasteiger partial charge in [-0.05, 0) is 75.2 Å². The molecule has 0 bridgehead atoms. The van der Waals surface area contributed by atoms with Crippen molar-refractivity contribution in [2.75, 3.05) is 18.4 Å². The Morgan fingerprint density at radius 2 is 1.95 bits per heavy atom. The van der Waals surface area contributed by atoms with Crippen molar-refractivity contribution >= 4 is 36.1 Å². The first-order valence-electron chi connectivity index (χ1n) is 13.6. The van der Waals surface area contributed by atoms with Gasteiger partial charge in [0.15, 0.2) is 5.82 Å². The van der Waals surface area contributed by atoms with Crippen molar-refractivity contribution in [3.63, 3.8) is 0 Å². The van der Waals surface area contributed by atoms with Crippen molar-refractivity contribution in [1.82, 2.24) is 15.1 Å². The van der Waals surface area contributed by atoms with E-state index >= 15 is 4.39 Å². The maximum absolute atomic E-state index is 15.3. The van der Waals surface area contributed by atoms with E-state index in [1.807, 2.05) is 12.1 Å². The highest BCUT2D eigenvalue weighted by Gasteiger charge is 2.39. The van der Waals surface area contributed by atoms with E-state index < -0.39 is 23.6 Å². The molecule has 3 aliphatic rings. The third-order valence-corrected chi connectivity index (χ3v) is 7.84. The normalized spacial score (nSPS) is 20.7. The fourth-order valence-electron chi connectivity index (χ4n) is 5.70. The highest BCUT2D eigenvalue weighted by molar-refractivity contribution is 6.05. The van der Waals surface area contributed by atoms with Gasteiger partial charge < -0.3 is 10.2 Å². The molecule has 214 valence electrons. The van der Waals surface area contributed by atoms with Crippen LogP contribution in [0, 0.1) is 5.82 Å². The standard InChI is InChI=1S/C30H32F2N6O3/c1-18(31)15-34-30(33-2)35-24-5-3-4-21(27(24)32)16-37-12-10-19(11-13-37)20-6-7-23-22(14-20)17-38(29(23)41)25-8-9-26(39)36-28(25)40/h3-7,14-15,19,25H,2,8-13,16-17H2,1H3,(H,34,35)(H,36,39,40)/b18-15+. The smallest absolute Gasteiger partial charge is 0.255 e. The summed E-state index contributed by atoms with van der Waals surface area (Å²) in [6.07, 6.45) is 3.32. The summed E-state index contributed by atoms with van der Waals surface area (Å²) >= 11 is 0. The average Bonchev–Trinajstić information content (AvgIpc) is 3.28. The summed E-state index contributed by atoms with van der Waals surface area (Å²) in [7, 11) is 0. The van der Waals surface area contributed by atoms with Crippen LogP contribution in [0.15, 0.2) is 58.4 Å². The second-order valence-corrected chi connectivity index (χ2v) is 10.6. The molecule has 2 saturated heterocycles. The lowest BCUT2D eigenvalue weighted by molar-refractivity contribution is -0.136. The number of anilines is 1. The minimum atomic E-state index is -0.628. The summed E-state index contributed by atoms with van der Waals surface area (Å²) < 4.78 is 28.3. The monoisotopic (exact) mass is 562 g/mol. The Morgan fingerprint density at radius 1 is 1.17 bits per heavy atom. The number of guanidine groups is 1. The van der Waals surface area contributed by atoms with E-state index in [2.05, 4.69) is 38.3 Å². The Labute approximate surface area is 237 Å². The highest BCUT2D eigenvalue weighted by Crippen LogP contribution is 2.34. The second-order valence-electron chi connectivity index (χ2n) is 10.6. The molecule has 9 nitrogen and oxygen atoms in total. The zero-order chi connectivity index (χ0) is 29.1. The number of carbonyl (C=O) groups is 3. The minimum Gasteiger partial charge on any atom is -0.322 e. The number of rotatable bonds is 6. The van der Waals surface area contributed by atoms with Crippen LogP contribution in [0.5, 0.6) is 0 Å². The maximum atomic E-state index is 15.3. The van der Waals surface area contributed by atoms with Crippen LogP contribution in [-0.4, -0.2) is 59.3 Å². The van der Waals surface area contributed by atoms with E-state index in [-0.39, 0.29) is 29.9 Å². The van der Waals surface area contributed by atoms with Gasteiger partial charge in [-0.25, -0.2) is 18.8 Å². The van der Waals surface area contributed by atoms with Crippen LogP contribution in [-0.2, 0) is 22.7 Å². The van der Waals surface area contributed by atoms with E-state index in [0.717, 1.165) is 43.3 Å². The number of benzene rings is 2. The van der Waals surface area contributed by atoms with E-state index in [1.165, 1.54) is 6.92 Å². The van der Waals surface area contributed by atoms with Crippen LogP contribution < -0.4 is 10.6 Å². The minimum absolute atomic E-state index is 0.00450. The van der Waals surface area contributed by atoms with Crippen molar-refractivity contribution in [1.29, 1.82) is 0 Å². The molecular weight excluding hydrogens is 530 g/mol. The van der Waals surface area contributed by atoms with Crippen molar-refractivity contribution in [2.24, 2.45) is 9.98 Å². The van der Waals surface area contributed by atoms with Crippen molar-refractivity contribution in [2.45, 2.75) is 57.7 Å². The van der Waals surface area contributed by atoms with Crippen LogP contribution in [0.2, 0.25) is 0 Å². The topological polar surface area (TPSA) is 106 Å². The fraction of sp³-hybridized carbons (Fsp3) is 0.367. The molecule has 0 aromatic heterocycles. The third kappa shape index (κ3) is 6.25. The van der Waals surface area contributed by atoms with Gasteiger partial charge in [-0.15, -0.1) is 0 Å². The molecule has 0 aliphatic carbocycles. The Balaban J connectivity index is 1.20. The van der Waals surface area contributed by atoms with Crippen LogP contribution in [0.3, 0.4) is 0 Å². The number of aliphatic imine (C=N–C) groups is 2. The number of hydrogen-bond acceptors (Lipinski definition) is 5. The fourth-order valence-corrected chi connectivity index (χ4v) is 5.70. The van der Waals surface area contributed by atoms with E-state index in [9.17, 15) is 18.8 Å². The van der Waals surface area contributed by atoms with Crippen LogP contribution in [0.1, 0.15) is 65.6 Å². The summed E-state index contributed by atoms with van der Waals surface area (Å²) in [6.45, 7) is 6.99. The number of carbonyl (C=O) groups excluding carboxylic acids is 3. The number of nitrogens with one attached hydrogen (secondary N) is 2. The molecule has 0 saturated carbocycles. The SMILES string of the molecule is C=NC(=N/C=C(\C)F)Nc1cccc(CN2CCC(c3ccc4c(c3)CN(C3CCC(=O)NC3=O)C4=O)CC2)c1F. The summed E-state index contributed by atoms with van der Waals surface area (Å²) in [5.41, 5.74) is 3.38. The number of halogens is 2. The summed E-state index contributed by atoms with van der Waals surface area (Å²) in [6, 6.07) is 10.3.